The van der Waals surface area contributed by atoms with Gasteiger partial charge in [0.25, 0.3) is 0 Å². The van der Waals surface area contributed by atoms with E-state index in [1.54, 1.807) is 18.5 Å². The van der Waals surface area contributed by atoms with Gasteiger partial charge in [-0.25, -0.2) is 9.78 Å². The van der Waals surface area contributed by atoms with Crippen molar-refractivity contribution < 1.29 is 13.9 Å². The van der Waals surface area contributed by atoms with Gasteiger partial charge in [-0.15, -0.1) is 0 Å². The smallest absolute Gasteiger partial charge is 0.373 e. The molecule has 0 aliphatic heterocycles. The number of furan rings is 1. The molecule has 1 aromatic carbocycles. The highest BCUT2D eigenvalue weighted by Crippen LogP contribution is 2.24. The maximum atomic E-state index is 11.4. The van der Waals surface area contributed by atoms with Gasteiger partial charge in [0, 0.05) is 0 Å². The third kappa shape index (κ3) is 1.97. The van der Waals surface area contributed by atoms with Crippen molar-refractivity contribution in [2.45, 2.75) is 13.0 Å². The molecule has 3 aromatic rings. The van der Waals surface area contributed by atoms with E-state index in [1.807, 2.05) is 35.8 Å². The summed E-state index contributed by atoms with van der Waals surface area (Å²) in [6.07, 6.45) is 1.77. The van der Waals surface area contributed by atoms with Gasteiger partial charge in [0.2, 0.25) is 5.76 Å². The maximum Gasteiger partial charge on any atom is 0.373 e. The van der Waals surface area contributed by atoms with E-state index in [9.17, 15) is 4.79 Å². The number of rotatable bonds is 3. The first-order valence-corrected chi connectivity index (χ1v) is 6.30. The van der Waals surface area contributed by atoms with E-state index >= 15 is 0 Å². The number of hydrogen-bond acceptors (Lipinski definition) is 4. The van der Waals surface area contributed by atoms with E-state index in [1.165, 1.54) is 7.11 Å². The van der Waals surface area contributed by atoms with Crippen LogP contribution in [-0.4, -0.2) is 22.6 Å². The fourth-order valence-electron chi connectivity index (χ4n) is 2.21. The molecule has 102 valence electrons. The van der Waals surface area contributed by atoms with Gasteiger partial charge >= 0.3 is 5.97 Å². The van der Waals surface area contributed by atoms with Crippen LogP contribution in [0.25, 0.3) is 11.0 Å². The number of methoxy groups -OCH3 is 1. The molecule has 1 unspecified atom stereocenters. The molecule has 0 radical (unpaired) electrons. The summed E-state index contributed by atoms with van der Waals surface area (Å²) in [5.74, 6) is 0.422. The first-order chi connectivity index (χ1) is 9.70. The zero-order valence-electron chi connectivity index (χ0n) is 11.2. The quantitative estimate of drug-likeness (QED) is 0.686. The number of ether oxygens (including phenoxy) is 1. The summed E-state index contributed by atoms with van der Waals surface area (Å²) in [4.78, 5) is 15.8. The number of esters is 1. The Balaban J connectivity index is 1.98. The molecule has 0 N–H and O–H groups in total. The van der Waals surface area contributed by atoms with Gasteiger partial charge in [0.1, 0.15) is 5.76 Å². The molecule has 1 atom stereocenters. The average molecular weight is 270 g/mol. The molecule has 0 spiro atoms. The largest absolute Gasteiger partial charge is 0.463 e. The second kappa shape index (κ2) is 4.85. The molecule has 5 heteroatoms. The normalized spacial score (nSPS) is 12.5. The van der Waals surface area contributed by atoms with Crippen molar-refractivity contribution in [2.24, 2.45) is 0 Å². The Hall–Kier alpha value is -2.56. The number of imidazole rings is 1. The number of para-hydroxylation sites is 2. The van der Waals surface area contributed by atoms with Gasteiger partial charge in [0.15, 0.2) is 0 Å². The summed E-state index contributed by atoms with van der Waals surface area (Å²) in [7, 11) is 1.33. The van der Waals surface area contributed by atoms with Crippen LogP contribution in [0.3, 0.4) is 0 Å². The van der Waals surface area contributed by atoms with E-state index in [-0.39, 0.29) is 11.8 Å². The first-order valence-electron chi connectivity index (χ1n) is 6.30. The lowest BCUT2D eigenvalue weighted by molar-refractivity contribution is 0.0562. The number of nitrogens with zero attached hydrogens (tertiary/aromatic N) is 2. The van der Waals surface area contributed by atoms with Crippen LogP contribution in [0.5, 0.6) is 0 Å². The molecule has 0 fully saturated rings. The third-order valence-electron chi connectivity index (χ3n) is 3.32. The van der Waals surface area contributed by atoms with Crippen molar-refractivity contribution in [3.8, 4) is 0 Å². The van der Waals surface area contributed by atoms with E-state index in [4.69, 9.17) is 4.42 Å². The number of hydrogen-bond donors (Lipinski definition) is 0. The van der Waals surface area contributed by atoms with Gasteiger partial charge in [-0.2, -0.15) is 0 Å². The topological polar surface area (TPSA) is 57.3 Å². The highest BCUT2D eigenvalue weighted by atomic mass is 16.5. The van der Waals surface area contributed by atoms with Crippen LogP contribution in [0.4, 0.5) is 0 Å². The van der Waals surface area contributed by atoms with Gasteiger partial charge in [-0.05, 0) is 31.2 Å². The average Bonchev–Trinajstić information content (AvgIpc) is 3.12. The summed E-state index contributed by atoms with van der Waals surface area (Å²) in [5, 5.41) is 0. The van der Waals surface area contributed by atoms with E-state index in [0.717, 1.165) is 11.0 Å². The molecule has 5 nitrogen and oxygen atoms in total. The number of carbonyl (C=O) groups excluding carboxylic acids is 1. The van der Waals surface area contributed by atoms with E-state index in [2.05, 4.69) is 9.72 Å². The SMILES string of the molecule is COC(=O)c1ccc(C(C)n2cnc3ccccc32)o1. The number of carbonyl (C=O) groups is 1. The van der Waals surface area contributed by atoms with Crippen LogP contribution in [0.1, 0.15) is 29.3 Å². The van der Waals surface area contributed by atoms with Crippen LogP contribution < -0.4 is 0 Å². The molecular formula is C15H14N2O3. The minimum Gasteiger partial charge on any atom is -0.463 e. The lowest BCUT2D eigenvalue weighted by Gasteiger charge is -2.11. The summed E-state index contributed by atoms with van der Waals surface area (Å²) in [5.41, 5.74) is 1.95. The van der Waals surface area contributed by atoms with Crippen molar-refractivity contribution in [3.05, 3.63) is 54.2 Å². The molecule has 0 saturated carbocycles. The van der Waals surface area contributed by atoms with Crippen LogP contribution in [0.2, 0.25) is 0 Å². The van der Waals surface area contributed by atoms with Crippen molar-refractivity contribution in [2.75, 3.05) is 7.11 Å². The van der Waals surface area contributed by atoms with Crippen molar-refractivity contribution in [1.82, 2.24) is 9.55 Å². The zero-order chi connectivity index (χ0) is 14.1. The lowest BCUT2D eigenvalue weighted by Crippen LogP contribution is -2.04. The van der Waals surface area contributed by atoms with E-state index in [0.29, 0.717) is 5.76 Å². The second-order valence-electron chi connectivity index (χ2n) is 4.51. The monoisotopic (exact) mass is 270 g/mol. The predicted molar refractivity (Wildman–Crippen MR) is 73.6 cm³/mol. The van der Waals surface area contributed by atoms with Gasteiger partial charge in [-0.3, -0.25) is 0 Å². The fourth-order valence-corrected chi connectivity index (χ4v) is 2.21. The van der Waals surface area contributed by atoms with Gasteiger partial charge in [0.05, 0.1) is 30.5 Å². The number of fused-ring (bicyclic) bond motifs is 1. The molecular weight excluding hydrogens is 256 g/mol. The maximum absolute atomic E-state index is 11.4. The summed E-state index contributed by atoms with van der Waals surface area (Å²) < 4.78 is 12.2. The lowest BCUT2D eigenvalue weighted by atomic mass is 10.2. The van der Waals surface area contributed by atoms with Gasteiger partial charge < -0.3 is 13.7 Å². The molecule has 20 heavy (non-hydrogen) atoms. The standard InChI is InChI=1S/C15H14N2O3/c1-10(13-7-8-14(20-13)15(18)19-2)17-9-16-11-5-3-4-6-12(11)17/h3-10H,1-2H3. The second-order valence-corrected chi connectivity index (χ2v) is 4.51. The van der Waals surface area contributed by atoms with Gasteiger partial charge in [-0.1, -0.05) is 12.1 Å². The Morgan fingerprint density at radius 3 is 2.90 bits per heavy atom. The zero-order valence-corrected chi connectivity index (χ0v) is 11.2. The van der Waals surface area contributed by atoms with Crippen LogP contribution >= 0.6 is 0 Å². The van der Waals surface area contributed by atoms with Crippen LogP contribution in [0, 0.1) is 0 Å². The Morgan fingerprint density at radius 1 is 1.30 bits per heavy atom. The Kier molecular flexibility index (Phi) is 3.02. The molecule has 0 amide bonds. The van der Waals surface area contributed by atoms with Crippen molar-refractivity contribution >= 4 is 17.0 Å². The molecule has 0 aliphatic rings. The van der Waals surface area contributed by atoms with E-state index < -0.39 is 5.97 Å². The summed E-state index contributed by atoms with van der Waals surface area (Å²) in [6.45, 7) is 1.99. The molecule has 2 aromatic heterocycles. The number of benzene rings is 1. The Labute approximate surface area is 115 Å². The van der Waals surface area contributed by atoms with Crippen LogP contribution in [-0.2, 0) is 4.74 Å². The highest BCUT2D eigenvalue weighted by molar-refractivity contribution is 5.86. The summed E-state index contributed by atoms with van der Waals surface area (Å²) >= 11 is 0. The molecule has 0 aliphatic carbocycles. The minimum atomic E-state index is -0.473. The Bertz CT molecular complexity index is 757. The third-order valence-corrected chi connectivity index (χ3v) is 3.32. The van der Waals surface area contributed by atoms with Crippen LogP contribution in [0.15, 0.2) is 47.1 Å². The van der Waals surface area contributed by atoms with Crippen molar-refractivity contribution in [3.63, 3.8) is 0 Å². The highest BCUT2D eigenvalue weighted by Gasteiger charge is 2.17. The first kappa shape index (κ1) is 12.5. The minimum absolute atomic E-state index is 0.0548. The molecule has 2 heterocycles. The fraction of sp³-hybridized carbons (Fsp3) is 0.200. The van der Waals surface area contributed by atoms with Crippen molar-refractivity contribution in [1.29, 1.82) is 0 Å². The molecule has 0 saturated heterocycles. The molecule has 3 rings (SSSR count). The Morgan fingerprint density at radius 2 is 2.10 bits per heavy atom. The summed E-state index contributed by atoms with van der Waals surface area (Å²) in [6, 6.07) is 11.2. The number of aromatic nitrogens is 2. The predicted octanol–water partition coefficient (Wildman–Crippen LogP) is 3.03. The molecule has 0 bridgehead atoms.